The van der Waals surface area contributed by atoms with E-state index in [1.54, 1.807) is 92.2 Å². The van der Waals surface area contributed by atoms with Gasteiger partial charge < -0.3 is 9.47 Å². The van der Waals surface area contributed by atoms with E-state index >= 15 is 0 Å². The fraction of sp³-hybridized carbons (Fsp3) is 0.189. The molecule has 0 radical (unpaired) electrons. The summed E-state index contributed by atoms with van der Waals surface area (Å²) in [6, 6.07) is 22.0. The molecule has 3 aromatic heterocycles. The second kappa shape index (κ2) is 15.7. The first-order valence-electron chi connectivity index (χ1n) is 14.7. The Morgan fingerprint density at radius 3 is 1.84 bits per heavy atom. The maximum atomic E-state index is 12.8. The van der Waals surface area contributed by atoms with E-state index < -0.39 is 0 Å². The van der Waals surface area contributed by atoms with Gasteiger partial charge in [-0.25, -0.2) is 4.98 Å². The van der Waals surface area contributed by atoms with Gasteiger partial charge in [0.2, 0.25) is 5.88 Å². The highest BCUT2D eigenvalue weighted by molar-refractivity contribution is 6.31. The number of benzene rings is 3. The molecular formula is C37H34Cl2N4O6. The van der Waals surface area contributed by atoms with Crippen LogP contribution >= 0.6 is 23.2 Å². The van der Waals surface area contributed by atoms with Crippen LogP contribution in [0.25, 0.3) is 21.9 Å². The lowest BCUT2D eigenvalue weighted by molar-refractivity contribution is -0.117. The molecule has 0 aliphatic carbocycles. The van der Waals surface area contributed by atoms with Crippen molar-refractivity contribution in [3.05, 3.63) is 117 Å². The predicted octanol–water partition coefficient (Wildman–Crippen LogP) is 7.67. The van der Waals surface area contributed by atoms with E-state index in [0.29, 0.717) is 60.6 Å². The monoisotopic (exact) mass is 700 g/mol. The van der Waals surface area contributed by atoms with Crippen LogP contribution in [0.3, 0.4) is 0 Å². The molecule has 3 heterocycles. The largest absolute Gasteiger partial charge is 0.497 e. The van der Waals surface area contributed by atoms with Crippen molar-refractivity contribution in [2.24, 2.45) is 0 Å². The average molecular weight is 702 g/mol. The molecular weight excluding hydrogens is 667 g/mol. The number of Topliss-reactive ketones (excluding diaryl/α,β-unsaturated/α-hetero) is 2. The number of carbonyl (C=O) groups is 4. The first-order chi connectivity index (χ1) is 23.0. The number of ether oxygens (including phenoxy) is 2. The number of rotatable bonds is 8. The van der Waals surface area contributed by atoms with Crippen LogP contribution in [-0.2, 0) is 22.4 Å². The lowest BCUT2D eigenvalue weighted by Crippen LogP contribution is -2.14. The number of fused-ring (bicyclic) bond motifs is 2. The molecule has 0 N–H and O–H groups in total. The molecule has 0 saturated heterocycles. The van der Waals surface area contributed by atoms with Crippen molar-refractivity contribution in [3.63, 3.8) is 0 Å². The standard InChI is InChI=1S/2C18H15ClN2O3.CH4/c1-11(22)9-13-10-21(15-7-8-16(24-2)20-17(13)15)18(23)12-3-5-14(19)6-4-12;1-11(22)9-16-15-10-14(24-2)7-8-17(15)21(20-16)18(23)12-3-5-13(19)6-4-12;/h2*3-8,10H,9H2,1-2H3;1H4. The van der Waals surface area contributed by atoms with Crippen molar-refractivity contribution in [1.29, 1.82) is 0 Å². The smallest absolute Gasteiger partial charge is 0.278 e. The quantitative estimate of drug-likeness (QED) is 0.159. The highest BCUT2D eigenvalue weighted by Gasteiger charge is 2.20. The molecule has 0 atom stereocenters. The normalized spacial score (nSPS) is 10.6. The van der Waals surface area contributed by atoms with Crippen LogP contribution in [-0.4, -0.2) is 56.9 Å². The molecule has 252 valence electrons. The molecule has 0 amide bonds. The summed E-state index contributed by atoms with van der Waals surface area (Å²) in [5.41, 5.74) is 4.07. The summed E-state index contributed by atoms with van der Waals surface area (Å²) in [6.45, 7) is 3.00. The van der Waals surface area contributed by atoms with Crippen LogP contribution < -0.4 is 9.47 Å². The Labute approximate surface area is 293 Å². The first-order valence-corrected chi connectivity index (χ1v) is 15.4. The minimum atomic E-state index is -0.281. The van der Waals surface area contributed by atoms with Gasteiger partial charge >= 0.3 is 0 Å². The number of hydrogen-bond donors (Lipinski definition) is 0. The topological polar surface area (TPSA) is 122 Å². The summed E-state index contributed by atoms with van der Waals surface area (Å²) in [4.78, 5) is 53.0. The van der Waals surface area contributed by atoms with Gasteiger partial charge in [0.25, 0.3) is 11.8 Å². The van der Waals surface area contributed by atoms with Gasteiger partial charge in [0.1, 0.15) is 17.3 Å². The van der Waals surface area contributed by atoms with E-state index in [1.807, 2.05) is 0 Å². The van der Waals surface area contributed by atoms with Gasteiger partial charge in [-0.15, -0.1) is 0 Å². The summed E-state index contributed by atoms with van der Waals surface area (Å²) < 4.78 is 13.2. The Kier molecular flexibility index (Phi) is 11.7. The fourth-order valence-electron chi connectivity index (χ4n) is 5.08. The number of carbonyl (C=O) groups excluding carboxylic acids is 4. The third kappa shape index (κ3) is 8.22. The number of pyridine rings is 1. The van der Waals surface area contributed by atoms with Crippen LogP contribution in [0.1, 0.15) is 53.2 Å². The van der Waals surface area contributed by atoms with Crippen molar-refractivity contribution in [2.45, 2.75) is 34.1 Å². The van der Waals surface area contributed by atoms with E-state index in [1.165, 1.54) is 30.2 Å². The molecule has 6 aromatic rings. The Bertz CT molecular complexity index is 2010. The minimum Gasteiger partial charge on any atom is -0.497 e. The highest BCUT2D eigenvalue weighted by Crippen LogP contribution is 2.27. The second-order valence-electron chi connectivity index (χ2n) is 10.9. The molecule has 0 spiro atoms. The predicted molar refractivity (Wildman–Crippen MR) is 190 cm³/mol. The van der Waals surface area contributed by atoms with Crippen LogP contribution in [0.15, 0.2) is 85.1 Å². The van der Waals surface area contributed by atoms with Crippen molar-refractivity contribution in [2.75, 3.05) is 14.2 Å². The van der Waals surface area contributed by atoms with Crippen LogP contribution in [0, 0.1) is 0 Å². The summed E-state index contributed by atoms with van der Waals surface area (Å²) >= 11 is 11.7. The number of hydrogen-bond acceptors (Lipinski definition) is 8. The van der Waals surface area contributed by atoms with Crippen LogP contribution in [0.4, 0.5) is 0 Å². The maximum Gasteiger partial charge on any atom is 0.278 e. The van der Waals surface area contributed by atoms with E-state index in [4.69, 9.17) is 32.7 Å². The molecule has 10 nitrogen and oxygen atoms in total. The summed E-state index contributed by atoms with van der Waals surface area (Å²) in [5.74, 6) is 0.561. The molecule has 3 aromatic carbocycles. The molecule has 0 unspecified atom stereocenters. The number of halogens is 2. The first kappa shape index (κ1) is 36.5. The number of methoxy groups -OCH3 is 2. The third-order valence-corrected chi connectivity index (χ3v) is 7.82. The number of aromatic nitrogens is 4. The molecule has 0 saturated carbocycles. The van der Waals surface area contributed by atoms with E-state index in [9.17, 15) is 19.2 Å². The van der Waals surface area contributed by atoms with Gasteiger partial charge in [0.05, 0.1) is 42.9 Å². The third-order valence-electron chi connectivity index (χ3n) is 7.32. The van der Waals surface area contributed by atoms with Gasteiger partial charge in [-0.3, -0.25) is 23.7 Å². The average Bonchev–Trinajstić information content (AvgIpc) is 3.61. The maximum absolute atomic E-state index is 12.8. The highest BCUT2D eigenvalue weighted by atomic mass is 35.5. The molecule has 6 rings (SSSR count). The Morgan fingerprint density at radius 1 is 0.714 bits per heavy atom. The fourth-order valence-corrected chi connectivity index (χ4v) is 5.34. The lowest BCUT2D eigenvalue weighted by Gasteiger charge is -2.05. The van der Waals surface area contributed by atoms with Crippen molar-refractivity contribution >= 4 is 68.5 Å². The summed E-state index contributed by atoms with van der Waals surface area (Å²) in [5, 5.41) is 6.21. The van der Waals surface area contributed by atoms with Crippen LogP contribution in [0.2, 0.25) is 10.0 Å². The van der Waals surface area contributed by atoms with E-state index in [0.717, 1.165) is 5.39 Å². The van der Waals surface area contributed by atoms with Gasteiger partial charge in [-0.05, 0) is 86.6 Å². The zero-order chi connectivity index (χ0) is 34.5. The van der Waals surface area contributed by atoms with E-state index in [-0.39, 0.29) is 43.6 Å². The molecule has 49 heavy (non-hydrogen) atoms. The molecule has 0 aliphatic rings. The van der Waals surface area contributed by atoms with Gasteiger partial charge in [-0.2, -0.15) is 9.78 Å². The zero-order valence-electron chi connectivity index (χ0n) is 26.5. The van der Waals surface area contributed by atoms with Gasteiger partial charge in [0, 0.05) is 50.8 Å². The van der Waals surface area contributed by atoms with Gasteiger partial charge in [-0.1, -0.05) is 30.6 Å². The molecule has 0 fully saturated rings. The Hall–Kier alpha value is -5.32. The number of ketones is 2. The second-order valence-corrected chi connectivity index (χ2v) is 11.7. The summed E-state index contributed by atoms with van der Waals surface area (Å²) in [6.07, 6.45) is 2.03. The Morgan fingerprint density at radius 2 is 1.29 bits per heavy atom. The lowest BCUT2D eigenvalue weighted by atomic mass is 10.1. The Balaban J connectivity index is 0.000000216. The molecule has 0 bridgehead atoms. The van der Waals surface area contributed by atoms with Crippen molar-refractivity contribution in [3.8, 4) is 11.6 Å². The zero-order valence-corrected chi connectivity index (χ0v) is 28.0. The minimum absolute atomic E-state index is 0. The van der Waals surface area contributed by atoms with Crippen LogP contribution in [0.5, 0.6) is 11.6 Å². The molecule has 12 heteroatoms. The molecule has 0 aliphatic heterocycles. The van der Waals surface area contributed by atoms with Gasteiger partial charge in [0.15, 0.2) is 0 Å². The SMILES string of the molecule is C.COc1ccc2c(c1)c(CC(C)=O)nn2C(=O)c1ccc(Cl)cc1.COc1ccc2c(n1)c(CC(C)=O)cn2C(=O)c1ccc(Cl)cc1. The van der Waals surface area contributed by atoms with Crippen molar-refractivity contribution < 1.29 is 28.7 Å². The number of nitrogens with zero attached hydrogens (tertiary/aromatic N) is 4. The summed E-state index contributed by atoms with van der Waals surface area (Å²) in [7, 11) is 3.09. The van der Waals surface area contributed by atoms with E-state index in [2.05, 4.69) is 10.1 Å². The van der Waals surface area contributed by atoms with Crippen molar-refractivity contribution in [1.82, 2.24) is 19.3 Å².